The number of aromatic nitrogens is 2. The van der Waals surface area contributed by atoms with Gasteiger partial charge < -0.3 is 15.4 Å². The van der Waals surface area contributed by atoms with Crippen LogP contribution in [0, 0.1) is 0 Å². The van der Waals surface area contributed by atoms with Gasteiger partial charge in [-0.2, -0.15) is 11.8 Å². The van der Waals surface area contributed by atoms with Crippen LogP contribution in [0.25, 0.3) is 10.9 Å². The van der Waals surface area contributed by atoms with Gasteiger partial charge in [0.15, 0.2) is 0 Å². The van der Waals surface area contributed by atoms with Crippen LogP contribution in [-0.4, -0.2) is 39.2 Å². The van der Waals surface area contributed by atoms with Gasteiger partial charge in [0.1, 0.15) is 12.4 Å². The van der Waals surface area contributed by atoms with E-state index in [0.29, 0.717) is 28.2 Å². The fraction of sp³-hybridized carbons (Fsp3) is 0.286. The maximum atomic E-state index is 11.9. The van der Waals surface area contributed by atoms with E-state index in [1.165, 1.54) is 11.8 Å². The zero-order valence-corrected chi connectivity index (χ0v) is 12.5. The fourth-order valence-corrected chi connectivity index (χ4v) is 2.60. The van der Waals surface area contributed by atoms with E-state index < -0.39 is 5.97 Å². The molecule has 0 spiro atoms. The van der Waals surface area contributed by atoms with Crippen LogP contribution in [0.4, 0.5) is 0 Å². The third-order valence-corrected chi connectivity index (χ3v) is 3.78. The van der Waals surface area contributed by atoms with Crippen molar-refractivity contribution in [3.8, 4) is 0 Å². The van der Waals surface area contributed by atoms with Gasteiger partial charge in [0.2, 0.25) is 5.91 Å². The number of H-pyrrole nitrogens is 1. The molecule has 0 aliphatic carbocycles. The number of nitrogens with one attached hydrogen (secondary N) is 2. The minimum Gasteiger partial charge on any atom is -0.480 e. The summed E-state index contributed by atoms with van der Waals surface area (Å²) in [5.74, 6) is 0.169. The molecule has 1 aromatic heterocycles. The first-order chi connectivity index (χ1) is 10.6. The maximum Gasteiger partial charge on any atom is 0.322 e. The molecule has 0 fully saturated rings. The van der Waals surface area contributed by atoms with Gasteiger partial charge >= 0.3 is 5.97 Å². The molecule has 0 saturated heterocycles. The number of para-hydroxylation sites is 1. The van der Waals surface area contributed by atoms with Gasteiger partial charge in [-0.25, -0.2) is 4.98 Å². The molecule has 0 bridgehead atoms. The number of aliphatic carboxylic acids is 1. The summed E-state index contributed by atoms with van der Waals surface area (Å²) in [5, 5.41) is 11.3. The Labute approximate surface area is 130 Å². The lowest BCUT2D eigenvalue weighted by Crippen LogP contribution is -2.29. The lowest BCUT2D eigenvalue weighted by atomic mass is 10.2. The van der Waals surface area contributed by atoms with Crippen LogP contribution in [-0.2, 0) is 15.3 Å². The summed E-state index contributed by atoms with van der Waals surface area (Å²) < 4.78 is 0. The van der Waals surface area contributed by atoms with Crippen molar-refractivity contribution in [3.63, 3.8) is 0 Å². The van der Waals surface area contributed by atoms with E-state index in [9.17, 15) is 14.4 Å². The van der Waals surface area contributed by atoms with Crippen LogP contribution in [0.5, 0.6) is 0 Å². The van der Waals surface area contributed by atoms with Crippen molar-refractivity contribution < 1.29 is 14.7 Å². The number of fused-ring (bicyclic) bond motifs is 1. The minimum absolute atomic E-state index is 0.180. The predicted octanol–water partition coefficient (Wildman–Crippen LogP) is 0.747. The molecule has 0 aliphatic heterocycles. The summed E-state index contributed by atoms with van der Waals surface area (Å²) >= 11 is 1.45. The second-order valence-corrected chi connectivity index (χ2v) is 5.61. The molecule has 3 N–H and O–H groups in total. The van der Waals surface area contributed by atoms with Gasteiger partial charge in [0, 0.05) is 12.2 Å². The molecule has 0 atom stereocenters. The van der Waals surface area contributed by atoms with Gasteiger partial charge in [-0.15, -0.1) is 0 Å². The van der Waals surface area contributed by atoms with Crippen molar-refractivity contribution in [2.75, 3.05) is 12.3 Å². The molecule has 1 aromatic carbocycles. The Morgan fingerprint density at radius 3 is 2.86 bits per heavy atom. The number of hydrogen-bond acceptors (Lipinski definition) is 5. The number of carbonyl (C=O) groups is 2. The van der Waals surface area contributed by atoms with E-state index in [1.807, 2.05) is 6.07 Å². The third kappa shape index (κ3) is 4.59. The van der Waals surface area contributed by atoms with Crippen LogP contribution in [0.3, 0.4) is 0 Å². The largest absolute Gasteiger partial charge is 0.480 e. The predicted molar refractivity (Wildman–Crippen MR) is 83.8 cm³/mol. The Bertz CT molecular complexity index is 744. The molecule has 1 amide bonds. The highest BCUT2D eigenvalue weighted by Gasteiger charge is 2.06. The fourth-order valence-electron chi connectivity index (χ4n) is 1.80. The molecule has 8 heteroatoms. The molecule has 22 heavy (non-hydrogen) atoms. The molecule has 116 valence electrons. The molecule has 2 aromatic rings. The lowest BCUT2D eigenvalue weighted by Gasteiger charge is -2.04. The van der Waals surface area contributed by atoms with Gasteiger partial charge in [-0.3, -0.25) is 14.4 Å². The molecule has 1 heterocycles. The molecule has 0 aliphatic rings. The van der Waals surface area contributed by atoms with E-state index in [0.717, 1.165) is 0 Å². The smallest absolute Gasteiger partial charge is 0.322 e. The highest BCUT2D eigenvalue weighted by Crippen LogP contribution is 2.11. The van der Waals surface area contributed by atoms with Crippen molar-refractivity contribution in [1.82, 2.24) is 15.3 Å². The molecular formula is C14H15N3O4S. The van der Waals surface area contributed by atoms with Gasteiger partial charge in [-0.1, -0.05) is 12.1 Å². The van der Waals surface area contributed by atoms with Crippen LogP contribution < -0.4 is 10.9 Å². The molecule has 2 rings (SSSR count). The monoisotopic (exact) mass is 321 g/mol. The number of benzene rings is 1. The minimum atomic E-state index is -1.07. The number of carbonyl (C=O) groups excluding carboxylic acids is 1. The van der Waals surface area contributed by atoms with E-state index in [2.05, 4.69) is 15.3 Å². The maximum absolute atomic E-state index is 11.9. The Kier molecular flexibility index (Phi) is 5.54. The first kappa shape index (κ1) is 16.0. The Morgan fingerprint density at radius 1 is 1.32 bits per heavy atom. The van der Waals surface area contributed by atoms with E-state index in [-0.39, 0.29) is 24.4 Å². The number of rotatable bonds is 7. The van der Waals surface area contributed by atoms with E-state index in [1.54, 1.807) is 18.2 Å². The van der Waals surface area contributed by atoms with Crippen LogP contribution in [0.1, 0.15) is 12.2 Å². The number of carboxylic acid groups (broad SMARTS) is 1. The second kappa shape index (κ2) is 7.60. The first-order valence-electron chi connectivity index (χ1n) is 6.60. The second-order valence-electron chi connectivity index (χ2n) is 4.50. The lowest BCUT2D eigenvalue weighted by molar-refractivity contribution is -0.137. The van der Waals surface area contributed by atoms with Crippen molar-refractivity contribution in [2.24, 2.45) is 0 Å². The van der Waals surface area contributed by atoms with Crippen molar-refractivity contribution in [1.29, 1.82) is 0 Å². The Balaban J connectivity index is 1.84. The zero-order valence-electron chi connectivity index (χ0n) is 11.7. The average molecular weight is 321 g/mol. The summed E-state index contributed by atoms with van der Waals surface area (Å²) in [6.45, 7) is -0.372. The molecule has 0 saturated carbocycles. The highest BCUT2D eigenvalue weighted by molar-refractivity contribution is 7.98. The number of aromatic amines is 1. The summed E-state index contributed by atoms with van der Waals surface area (Å²) in [6.07, 6.45) is 0.218. The standard InChI is InChI=1S/C14H15N3O4S/c18-12(15-7-13(19)20)5-6-22-8-11-16-10-4-2-1-3-9(10)14(21)17-11/h1-4H,5-8H2,(H,15,18)(H,19,20)(H,16,17,21). The van der Waals surface area contributed by atoms with Crippen LogP contribution >= 0.6 is 11.8 Å². The first-order valence-corrected chi connectivity index (χ1v) is 7.76. The molecule has 0 unspecified atom stereocenters. The van der Waals surface area contributed by atoms with Crippen molar-refractivity contribution >= 4 is 34.5 Å². The average Bonchev–Trinajstić information content (AvgIpc) is 2.49. The highest BCUT2D eigenvalue weighted by atomic mass is 32.2. The number of thioether (sulfide) groups is 1. The Morgan fingerprint density at radius 2 is 2.09 bits per heavy atom. The molecular weight excluding hydrogens is 306 g/mol. The topological polar surface area (TPSA) is 112 Å². The van der Waals surface area contributed by atoms with Gasteiger partial charge in [0.05, 0.1) is 16.7 Å². The zero-order chi connectivity index (χ0) is 15.9. The summed E-state index contributed by atoms with van der Waals surface area (Å²) in [6, 6.07) is 7.09. The summed E-state index contributed by atoms with van der Waals surface area (Å²) in [7, 11) is 0. The molecule has 7 nitrogen and oxygen atoms in total. The van der Waals surface area contributed by atoms with Crippen LogP contribution in [0.15, 0.2) is 29.1 Å². The number of hydrogen-bond donors (Lipinski definition) is 3. The SMILES string of the molecule is O=C(O)CNC(=O)CCSCc1nc2ccccc2c(=O)[nH]1. The van der Waals surface area contributed by atoms with Crippen LogP contribution in [0.2, 0.25) is 0 Å². The van der Waals surface area contributed by atoms with Crippen molar-refractivity contribution in [2.45, 2.75) is 12.2 Å². The number of nitrogens with zero attached hydrogens (tertiary/aromatic N) is 1. The van der Waals surface area contributed by atoms with Crippen molar-refractivity contribution in [3.05, 3.63) is 40.4 Å². The van der Waals surface area contributed by atoms with E-state index >= 15 is 0 Å². The third-order valence-electron chi connectivity index (χ3n) is 2.81. The van der Waals surface area contributed by atoms with Gasteiger partial charge in [-0.05, 0) is 12.1 Å². The number of amides is 1. The normalized spacial score (nSPS) is 10.5. The number of carboxylic acids is 1. The molecule has 0 radical (unpaired) electrons. The summed E-state index contributed by atoms with van der Waals surface area (Å²) in [4.78, 5) is 40.6. The Hall–Kier alpha value is -2.35. The quantitative estimate of drug-likeness (QED) is 0.649. The van der Waals surface area contributed by atoms with E-state index in [4.69, 9.17) is 5.11 Å². The van der Waals surface area contributed by atoms with Gasteiger partial charge in [0.25, 0.3) is 5.56 Å². The summed E-state index contributed by atoms with van der Waals surface area (Å²) in [5.41, 5.74) is 0.460.